The number of aromatic nitrogens is 1. The van der Waals surface area contributed by atoms with Gasteiger partial charge in [0.15, 0.2) is 0 Å². The van der Waals surface area contributed by atoms with Crippen LogP contribution in [0.5, 0.6) is 0 Å². The topological polar surface area (TPSA) is 65.6 Å². The molecule has 1 unspecified atom stereocenters. The van der Waals surface area contributed by atoms with E-state index >= 15 is 0 Å². The van der Waals surface area contributed by atoms with Crippen molar-refractivity contribution >= 4 is 31.9 Å². The van der Waals surface area contributed by atoms with E-state index in [-0.39, 0.29) is 6.04 Å². The van der Waals surface area contributed by atoms with E-state index in [9.17, 15) is 0 Å². The fourth-order valence-electron chi connectivity index (χ4n) is 0.830. The summed E-state index contributed by atoms with van der Waals surface area (Å²) in [4.78, 5) is 3.02. The molecule has 5 heteroatoms. The van der Waals surface area contributed by atoms with Gasteiger partial charge in [0.25, 0.3) is 0 Å². The van der Waals surface area contributed by atoms with Crippen molar-refractivity contribution < 1.29 is 0 Å². The van der Waals surface area contributed by atoms with Gasteiger partial charge in [0.05, 0.1) is 23.1 Å². The first-order valence-electron chi connectivity index (χ1n) is 3.31. The van der Waals surface area contributed by atoms with Crippen LogP contribution in [0.1, 0.15) is 18.2 Å². The minimum absolute atomic E-state index is 0.238. The Bertz CT molecular complexity index is 293. The highest BCUT2D eigenvalue weighted by molar-refractivity contribution is 9.13. The van der Waals surface area contributed by atoms with E-state index in [1.807, 2.05) is 12.1 Å². The molecule has 1 rings (SSSR count). The lowest BCUT2D eigenvalue weighted by molar-refractivity contribution is 0.725. The monoisotopic (exact) mass is 291 g/mol. The number of aromatic amines is 1. The number of H-pyrrole nitrogens is 1. The van der Waals surface area contributed by atoms with Crippen molar-refractivity contribution in [3.05, 3.63) is 20.8 Å². The molecular formula is C7H7Br2N3. The second kappa shape index (κ2) is 4.08. The van der Waals surface area contributed by atoms with Gasteiger partial charge in [-0.05, 0) is 37.9 Å². The Balaban J connectivity index is 2.83. The molecule has 0 aliphatic rings. The summed E-state index contributed by atoms with van der Waals surface area (Å²) in [6.07, 6.45) is 0.319. The molecule has 3 nitrogen and oxygen atoms in total. The predicted octanol–water partition coefficient (Wildman–Crippen LogP) is 2.45. The number of nitriles is 1. The molecule has 3 N–H and O–H groups in total. The quantitative estimate of drug-likeness (QED) is 0.879. The minimum Gasteiger partial charge on any atom is -0.351 e. The normalized spacial score (nSPS) is 12.5. The van der Waals surface area contributed by atoms with E-state index in [1.54, 1.807) is 0 Å². The van der Waals surface area contributed by atoms with Gasteiger partial charge < -0.3 is 10.7 Å². The number of nitrogens with two attached hydrogens (primary N) is 1. The van der Waals surface area contributed by atoms with Crippen molar-refractivity contribution in [3.63, 3.8) is 0 Å². The van der Waals surface area contributed by atoms with Crippen LogP contribution in [-0.2, 0) is 0 Å². The van der Waals surface area contributed by atoms with Crippen LogP contribution in [0.4, 0.5) is 0 Å². The highest BCUT2D eigenvalue weighted by Crippen LogP contribution is 2.26. The molecule has 0 fully saturated rings. The average molecular weight is 293 g/mol. The molecule has 0 saturated carbocycles. The lowest BCUT2D eigenvalue weighted by Gasteiger charge is -2.02. The van der Waals surface area contributed by atoms with Crippen LogP contribution in [0.25, 0.3) is 0 Å². The molecule has 1 aromatic heterocycles. The smallest absolute Gasteiger partial charge is 0.0966 e. The average Bonchev–Trinajstić information content (AvgIpc) is 2.33. The van der Waals surface area contributed by atoms with Crippen LogP contribution in [0.3, 0.4) is 0 Å². The van der Waals surface area contributed by atoms with E-state index < -0.39 is 0 Å². The molecule has 0 bridgehead atoms. The third-order valence-corrected chi connectivity index (χ3v) is 3.24. The van der Waals surface area contributed by atoms with Crippen LogP contribution in [0, 0.1) is 11.3 Å². The second-order valence-corrected chi connectivity index (χ2v) is 4.00. The first kappa shape index (κ1) is 9.78. The van der Waals surface area contributed by atoms with E-state index in [0.717, 1.165) is 14.8 Å². The first-order chi connectivity index (χ1) is 5.65. The van der Waals surface area contributed by atoms with Crippen molar-refractivity contribution in [2.75, 3.05) is 0 Å². The molecule has 1 heterocycles. The maximum Gasteiger partial charge on any atom is 0.0966 e. The van der Waals surface area contributed by atoms with Gasteiger partial charge in [0.2, 0.25) is 0 Å². The van der Waals surface area contributed by atoms with Crippen molar-refractivity contribution in [1.82, 2.24) is 4.98 Å². The van der Waals surface area contributed by atoms with E-state index in [0.29, 0.717) is 6.42 Å². The molecular weight excluding hydrogens is 286 g/mol. The van der Waals surface area contributed by atoms with Crippen LogP contribution in [0.2, 0.25) is 0 Å². The third-order valence-electron chi connectivity index (χ3n) is 1.46. The summed E-state index contributed by atoms with van der Waals surface area (Å²) in [5, 5.41) is 8.41. The number of nitrogens with one attached hydrogen (secondary N) is 1. The maximum absolute atomic E-state index is 8.41. The largest absolute Gasteiger partial charge is 0.351 e. The molecule has 0 aliphatic heterocycles. The van der Waals surface area contributed by atoms with Gasteiger partial charge in [0, 0.05) is 10.2 Å². The summed E-state index contributed by atoms with van der Waals surface area (Å²) in [7, 11) is 0. The molecule has 0 aromatic carbocycles. The molecule has 1 aromatic rings. The number of halogens is 2. The third kappa shape index (κ3) is 2.09. The zero-order chi connectivity index (χ0) is 9.14. The van der Waals surface area contributed by atoms with Crippen molar-refractivity contribution in [2.24, 2.45) is 5.73 Å². The zero-order valence-corrected chi connectivity index (χ0v) is 9.31. The molecule has 64 valence electrons. The molecule has 0 saturated heterocycles. The molecule has 0 spiro atoms. The molecule has 12 heavy (non-hydrogen) atoms. The van der Waals surface area contributed by atoms with Crippen LogP contribution in [0.15, 0.2) is 15.1 Å². The molecule has 1 atom stereocenters. The number of rotatable bonds is 2. The summed E-state index contributed by atoms with van der Waals surface area (Å²) in [5.41, 5.74) is 6.55. The van der Waals surface area contributed by atoms with Crippen molar-refractivity contribution in [3.8, 4) is 6.07 Å². The van der Waals surface area contributed by atoms with Crippen molar-refractivity contribution in [1.29, 1.82) is 5.26 Å². The fraction of sp³-hybridized carbons (Fsp3) is 0.286. The van der Waals surface area contributed by atoms with E-state index in [2.05, 4.69) is 36.8 Å². The minimum atomic E-state index is -0.238. The molecule has 0 radical (unpaired) electrons. The number of nitrogens with zero attached hydrogens (tertiary/aromatic N) is 1. The summed E-state index contributed by atoms with van der Waals surface area (Å²) >= 11 is 6.61. The number of hydrogen-bond donors (Lipinski definition) is 2. The lowest BCUT2D eigenvalue weighted by Crippen LogP contribution is -2.09. The van der Waals surface area contributed by atoms with E-state index in [4.69, 9.17) is 11.0 Å². The van der Waals surface area contributed by atoms with Crippen LogP contribution < -0.4 is 5.73 Å². The highest BCUT2D eigenvalue weighted by Gasteiger charge is 2.09. The van der Waals surface area contributed by atoms with Crippen LogP contribution >= 0.6 is 31.9 Å². The summed E-state index contributed by atoms with van der Waals surface area (Å²) in [5.74, 6) is 0. The Labute approximate surface area is 87.2 Å². The Kier molecular flexibility index (Phi) is 3.32. The van der Waals surface area contributed by atoms with Gasteiger partial charge in [0.1, 0.15) is 0 Å². The highest BCUT2D eigenvalue weighted by atomic mass is 79.9. The Morgan fingerprint density at radius 1 is 1.67 bits per heavy atom. The zero-order valence-electron chi connectivity index (χ0n) is 6.14. The Hall–Kier alpha value is -0.310. The van der Waals surface area contributed by atoms with Gasteiger partial charge in [-0.1, -0.05) is 0 Å². The van der Waals surface area contributed by atoms with E-state index in [1.165, 1.54) is 0 Å². The standard InChI is InChI=1S/C7H7Br2N3/c8-4-3-6(12-7(4)9)5(11)1-2-10/h3,5,12H,1,11H2. The van der Waals surface area contributed by atoms with Gasteiger partial charge in [-0.15, -0.1) is 0 Å². The Morgan fingerprint density at radius 2 is 2.33 bits per heavy atom. The Morgan fingerprint density at radius 3 is 2.75 bits per heavy atom. The summed E-state index contributed by atoms with van der Waals surface area (Å²) in [6.45, 7) is 0. The first-order valence-corrected chi connectivity index (χ1v) is 4.90. The lowest BCUT2D eigenvalue weighted by atomic mass is 10.2. The maximum atomic E-state index is 8.41. The van der Waals surface area contributed by atoms with Gasteiger partial charge >= 0.3 is 0 Å². The number of hydrogen-bond acceptors (Lipinski definition) is 2. The van der Waals surface area contributed by atoms with Gasteiger partial charge in [-0.25, -0.2) is 0 Å². The van der Waals surface area contributed by atoms with Gasteiger partial charge in [-0.3, -0.25) is 0 Å². The van der Waals surface area contributed by atoms with Gasteiger partial charge in [-0.2, -0.15) is 5.26 Å². The second-order valence-electron chi connectivity index (χ2n) is 2.36. The SMILES string of the molecule is N#CCC(N)c1cc(Br)c(Br)[nH]1. The summed E-state index contributed by atoms with van der Waals surface area (Å²) < 4.78 is 1.77. The van der Waals surface area contributed by atoms with Crippen LogP contribution in [-0.4, -0.2) is 4.98 Å². The molecule has 0 aliphatic carbocycles. The predicted molar refractivity (Wildman–Crippen MR) is 53.4 cm³/mol. The fourth-order valence-corrected chi connectivity index (χ4v) is 1.52. The van der Waals surface area contributed by atoms with Crippen molar-refractivity contribution in [2.45, 2.75) is 12.5 Å². The summed E-state index contributed by atoms with van der Waals surface area (Å²) in [6, 6.07) is 3.65. The molecule has 0 amide bonds.